The maximum atomic E-state index is 12.1. The fourth-order valence-corrected chi connectivity index (χ4v) is 2.15. The Balaban J connectivity index is 2.37. The Kier molecular flexibility index (Phi) is 3.60. The van der Waals surface area contributed by atoms with Crippen LogP contribution < -0.4 is 0 Å². The maximum Gasteiger partial charge on any atom is 0.199 e. The SMILES string of the molecule is O=C1CCCC(Cl)=C1C(=O)c1ccc(Cl)nc1. The number of pyridine rings is 1. The van der Waals surface area contributed by atoms with E-state index in [9.17, 15) is 9.59 Å². The van der Waals surface area contributed by atoms with Crippen LogP contribution in [0.4, 0.5) is 0 Å². The average molecular weight is 270 g/mol. The highest BCUT2D eigenvalue weighted by molar-refractivity contribution is 6.39. The van der Waals surface area contributed by atoms with E-state index in [0.29, 0.717) is 35.0 Å². The van der Waals surface area contributed by atoms with Crippen LogP contribution in [0.5, 0.6) is 0 Å². The van der Waals surface area contributed by atoms with Gasteiger partial charge in [-0.1, -0.05) is 23.2 Å². The Hall–Kier alpha value is -1.19. The van der Waals surface area contributed by atoms with Crippen molar-refractivity contribution in [3.63, 3.8) is 0 Å². The molecule has 88 valence electrons. The zero-order valence-electron chi connectivity index (χ0n) is 8.87. The van der Waals surface area contributed by atoms with Gasteiger partial charge >= 0.3 is 0 Å². The summed E-state index contributed by atoms with van der Waals surface area (Å²) in [5.74, 6) is -0.565. The molecule has 1 aliphatic carbocycles. The van der Waals surface area contributed by atoms with E-state index in [4.69, 9.17) is 23.2 Å². The second-order valence-corrected chi connectivity index (χ2v) is 4.60. The van der Waals surface area contributed by atoms with Crippen LogP contribution in [0.3, 0.4) is 0 Å². The molecule has 1 aromatic heterocycles. The van der Waals surface area contributed by atoms with E-state index in [0.717, 1.165) is 0 Å². The van der Waals surface area contributed by atoms with Gasteiger partial charge in [0.15, 0.2) is 11.6 Å². The van der Waals surface area contributed by atoms with Crippen molar-refractivity contribution in [1.29, 1.82) is 0 Å². The van der Waals surface area contributed by atoms with Crippen molar-refractivity contribution < 1.29 is 9.59 Å². The number of carbonyl (C=O) groups is 2. The van der Waals surface area contributed by atoms with E-state index >= 15 is 0 Å². The number of aromatic nitrogens is 1. The minimum atomic E-state index is -0.371. The zero-order valence-corrected chi connectivity index (χ0v) is 10.4. The van der Waals surface area contributed by atoms with Crippen molar-refractivity contribution in [3.8, 4) is 0 Å². The molecule has 0 unspecified atom stereocenters. The van der Waals surface area contributed by atoms with Crippen LogP contribution >= 0.6 is 23.2 Å². The molecule has 0 N–H and O–H groups in total. The van der Waals surface area contributed by atoms with E-state index < -0.39 is 0 Å². The normalized spacial score (nSPS) is 16.2. The Labute approximate surface area is 108 Å². The topological polar surface area (TPSA) is 47.0 Å². The van der Waals surface area contributed by atoms with Gasteiger partial charge in [-0.15, -0.1) is 0 Å². The molecule has 0 aliphatic heterocycles. The fourth-order valence-electron chi connectivity index (χ4n) is 1.71. The largest absolute Gasteiger partial charge is 0.294 e. The lowest BCUT2D eigenvalue weighted by Crippen LogP contribution is -2.18. The van der Waals surface area contributed by atoms with Crippen LogP contribution in [0, 0.1) is 0 Å². The second kappa shape index (κ2) is 4.98. The predicted molar refractivity (Wildman–Crippen MR) is 65.3 cm³/mol. The molecule has 0 saturated heterocycles. The van der Waals surface area contributed by atoms with Crippen molar-refractivity contribution in [3.05, 3.63) is 39.7 Å². The molecule has 5 heteroatoms. The monoisotopic (exact) mass is 269 g/mol. The number of halogens is 2. The highest BCUT2D eigenvalue weighted by Gasteiger charge is 2.26. The van der Waals surface area contributed by atoms with Crippen molar-refractivity contribution >= 4 is 34.8 Å². The van der Waals surface area contributed by atoms with Crippen molar-refractivity contribution in [2.45, 2.75) is 19.3 Å². The molecular formula is C12H9Cl2NO2. The summed E-state index contributed by atoms with van der Waals surface area (Å²) in [4.78, 5) is 27.6. The van der Waals surface area contributed by atoms with Crippen LogP contribution in [0.1, 0.15) is 29.6 Å². The number of hydrogen-bond acceptors (Lipinski definition) is 3. The minimum absolute atomic E-state index is 0.0991. The lowest BCUT2D eigenvalue weighted by molar-refractivity contribution is -0.115. The third-order valence-electron chi connectivity index (χ3n) is 2.57. The van der Waals surface area contributed by atoms with Gasteiger partial charge in [0.2, 0.25) is 0 Å². The van der Waals surface area contributed by atoms with Gasteiger partial charge in [-0.3, -0.25) is 9.59 Å². The highest BCUT2D eigenvalue weighted by atomic mass is 35.5. The lowest BCUT2D eigenvalue weighted by atomic mass is 9.92. The third kappa shape index (κ3) is 2.56. The molecule has 0 spiro atoms. The lowest BCUT2D eigenvalue weighted by Gasteiger charge is -2.13. The Bertz CT molecular complexity index is 506. The molecule has 1 aromatic rings. The molecule has 3 nitrogen and oxygen atoms in total. The molecule has 0 fully saturated rings. The number of carbonyl (C=O) groups excluding carboxylic acids is 2. The average Bonchev–Trinajstić information content (AvgIpc) is 2.29. The molecule has 17 heavy (non-hydrogen) atoms. The van der Waals surface area contributed by atoms with Crippen LogP contribution in [-0.2, 0) is 4.79 Å². The molecule has 2 rings (SSSR count). The zero-order chi connectivity index (χ0) is 12.4. The molecule has 0 bridgehead atoms. The maximum absolute atomic E-state index is 12.1. The summed E-state index contributed by atoms with van der Waals surface area (Å²) in [5, 5.41) is 0.651. The minimum Gasteiger partial charge on any atom is -0.294 e. The van der Waals surface area contributed by atoms with Crippen LogP contribution in [-0.4, -0.2) is 16.6 Å². The first kappa shape index (κ1) is 12.3. The number of allylic oxidation sites excluding steroid dienone is 2. The Morgan fingerprint density at radius 3 is 2.59 bits per heavy atom. The first-order valence-corrected chi connectivity index (χ1v) is 5.93. The third-order valence-corrected chi connectivity index (χ3v) is 3.17. The van der Waals surface area contributed by atoms with Gasteiger partial charge < -0.3 is 0 Å². The van der Waals surface area contributed by atoms with Gasteiger partial charge in [-0.05, 0) is 25.0 Å². The van der Waals surface area contributed by atoms with Crippen LogP contribution in [0.15, 0.2) is 28.9 Å². The van der Waals surface area contributed by atoms with Crippen LogP contribution in [0.25, 0.3) is 0 Å². The summed E-state index contributed by atoms with van der Waals surface area (Å²) in [6.07, 6.45) is 3.00. The summed E-state index contributed by atoms with van der Waals surface area (Å²) in [5.41, 5.74) is 0.430. The number of ketones is 2. The predicted octanol–water partition coefficient (Wildman–Crippen LogP) is 3.16. The fraction of sp³-hybridized carbons (Fsp3) is 0.250. The van der Waals surface area contributed by atoms with Gasteiger partial charge in [0.25, 0.3) is 0 Å². The van der Waals surface area contributed by atoms with Gasteiger partial charge in [-0.25, -0.2) is 4.98 Å². The van der Waals surface area contributed by atoms with Crippen molar-refractivity contribution in [1.82, 2.24) is 4.98 Å². The summed E-state index contributed by atoms with van der Waals surface area (Å²) < 4.78 is 0. The molecular weight excluding hydrogens is 261 g/mol. The first-order valence-electron chi connectivity index (χ1n) is 5.17. The Morgan fingerprint density at radius 1 is 1.24 bits per heavy atom. The number of nitrogens with zero attached hydrogens (tertiary/aromatic N) is 1. The van der Waals surface area contributed by atoms with Crippen molar-refractivity contribution in [2.75, 3.05) is 0 Å². The van der Waals surface area contributed by atoms with E-state index in [1.807, 2.05) is 0 Å². The summed E-state index contributed by atoms with van der Waals surface area (Å²) in [6, 6.07) is 3.05. The Morgan fingerprint density at radius 2 is 2.00 bits per heavy atom. The van der Waals surface area contributed by atoms with Gasteiger partial charge in [0, 0.05) is 23.2 Å². The number of hydrogen-bond donors (Lipinski definition) is 0. The number of Topliss-reactive ketones (excluding diaryl/α,β-unsaturated/α-hetero) is 2. The van der Waals surface area contributed by atoms with E-state index in [-0.39, 0.29) is 17.1 Å². The molecule has 0 aromatic carbocycles. The summed E-state index contributed by atoms with van der Waals surface area (Å²) in [7, 11) is 0. The molecule has 0 amide bonds. The van der Waals surface area contributed by atoms with E-state index in [1.165, 1.54) is 18.3 Å². The molecule has 0 saturated carbocycles. The molecule has 0 radical (unpaired) electrons. The summed E-state index contributed by atoms with van der Waals surface area (Å²) >= 11 is 11.6. The van der Waals surface area contributed by atoms with Crippen LogP contribution in [0.2, 0.25) is 5.15 Å². The highest BCUT2D eigenvalue weighted by Crippen LogP contribution is 2.27. The van der Waals surface area contributed by atoms with Gasteiger partial charge in [-0.2, -0.15) is 0 Å². The van der Waals surface area contributed by atoms with E-state index in [1.54, 1.807) is 0 Å². The molecule has 0 atom stereocenters. The van der Waals surface area contributed by atoms with Crippen molar-refractivity contribution in [2.24, 2.45) is 0 Å². The quantitative estimate of drug-likeness (QED) is 0.471. The van der Waals surface area contributed by atoms with Gasteiger partial charge in [0.05, 0.1) is 5.57 Å². The second-order valence-electron chi connectivity index (χ2n) is 3.76. The molecule has 1 aliphatic rings. The smallest absolute Gasteiger partial charge is 0.199 e. The number of rotatable bonds is 2. The van der Waals surface area contributed by atoms with Gasteiger partial charge in [0.1, 0.15) is 5.15 Å². The summed E-state index contributed by atoms with van der Waals surface area (Å²) in [6.45, 7) is 0. The first-order chi connectivity index (χ1) is 8.09. The molecule has 1 heterocycles. The van der Waals surface area contributed by atoms with E-state index in [2.05, 4.69) is 4.98 Å². The standard InChI is InChI=1S/C12H9Cl2NO2/c13-8-2-1-3-9(16)11(8)12(17)7-4-5-10(14)15-6-7/h4-6H,1-3H2.